The average molecular weight is 145 g/mol. The molecule has 0 aromatic heterocycles. The molecule has 60 valence electrons. The Balaban J connectivity index is 0. The van der Waals surface area contributed by atoms with Crippen LogP contribution in [0, 0.1) is 0 Å². The predicted molar refractivity (Wildman–Crippen MR) is 42.5 cm³/mol. The highest BCUT2D eigenvalue weighted by Gasteiger charge is 1.85. The Morgan fingerprint density at radius 3 is 2.20 bits per heavy atom. The summed E-state index contributed by atoms with van der Waals surface area (Å²) in [5.41, 5.74) is 0. The lowest BCUT2D eigenvalue weighted by molar-refractivity contribution is -0.107. The standard InChI is InChI=1S/C4H9NO.C3H6O/c1-4(6)3-5-2;1-2-3-4/h4,6H,2-3H2,1H3;3H,2H2,1H3. The van der Waals surface area contributed by atoms with Crippen molar-refractivity contribution in [2.75, 3.05) is 6.54 Å². The van der Waals surface area contributed by atoms with E-state index in [9.17, 15) is 4.79 Å². The van der Waals surface area contributed by atoms with Crippen molar-refractivity contribution in [3.63, 3.8) is 0 Å². The highest BCUT2D eigenvalue weighted by molar-refractivity contribution is 5.48. The zero-order chi connectivity index (χ0) is 8.41. The molecule has 0 saturated carbocycles. The Labute approximate surface area is 61.8 Å². The highest BCUT2D eigenvalue weighted by Crippen LogP contribution is 1.75. The summed E-state index contributed by atoms with van der Waals surface area (Å²) in [6.07, 6.45) is 1.18. The van der Waals surface area contributed by atoms with Crippen LogP contribution in [0.15, 0.2) is 4.99 Å². The van der Waals surface area contributed by atoms with E-state index in [1.165, 1.54) is 0 Å². The molecule has 0 aliphatic carbocycles. The predicted octanol–water partition coefficient (Wildman–Crippen LogP) is 0.663. The van der Waals surface area contributed by atoms with Gasteiger partial charge in [0.25, 0.3) is 0 Å². The molecule has 10 heavy (non-hydrogen) atoms. The van der Waals surface area contributed by atoms with E-state index in [-0.39, 0.29) is 6.10 Å². The number of aliphatic hydroxyl groups is 1. The third-order valence-electron chi connectivity index (χ3n) is 0.560. The van der Waals surface area contributed by atoms with Gasteiger partial charge in [-0.05, 0) is 13.6 Å². The fourth-order valence-electron chi connectivity index (χ4n) is 0.187. The molecule has 0 aliphatic heterocycles. The Bertz CT molecular complexity index is 81.7. The first-order valence-corrected chi connectivity index (χ1v) is 3.23. The smallest absolute Gasteiger partial charge is 0.119 e. The summed E-state index contributed by atoms with van der Waals surface area (Å²) in [5.74, 6) is 0. The van der Waals surface area contributed by atoms with Gasteiger partial charge in [0.05, 0.1) is 12.6 Å². The lowest BCUT2D eigenvalue weighted by atomic mass is 10.4. The minimum atomic E-state index is -0.331. The van der Waals surface area contributed by atoms with Crippen LogP contribution in [-0.2, 0) is 4.79 Å². The van der Waals surface area contributed by atoms with Gasteiger partial charge in [0.1, 0.15) is 6.29 Å². The Morgan fingerprint density at radius 1 is 1.80 bits per heavy atom. The van der Waals surface area contributed by atoms with E-state index >= 15 is 0 Å². The Kier molecular flexibility index (Phi) is 13.4. The molecule has 0 bridgehead atoms. The molecule has 3 nitrogen and oxygen atoms in total. The second-order valence-electron chi connectivity index (χ2n) is 1.83. The molecular weight excluding hydrogens is 130 g/mol. The average Bonchev–Trinajstić information content (AvgIpc) is 1.89. The van der Waals surface area contributed by atoms with Crippen molar-refractivity contribution < 1.29 is 9.90 Å². The Morgan fingerprint density at radius 2 is 2.20 bits per heavy atom. The molecule has 0 aromatic carbocycles. The summed E-state index contributed by atoms with van der Waals surface area (Å²) in [6.45, 7) is 7.12. The topological polar surface area (TPSA) is 49.7 Å². The number of carbonyl (C=O) groups excluding carboxylic acids is 1. The maximum Gasteiger partial charge on any atom is 0.119 e. The number of hydrogen-bond acceptors (Lipinski definition) is 3. The van der Waals surface area contributed by atoms with Crippen molar-refractivity contribution >= 4 is 13.0 Å². The first kappa shape index (κ1) is 12.0. The molecule has 1 N–H and O–H groups in total. The third-order valence-corrected chi connectivity index (χ3v) is 0.560. The molecule has 3 heteroatoms. The van der Waals surface area contributed by atoms with Gasteiger partial charge in [-0.1, -0.05) is 6.92 Å². The van der Waals surface area contributed by atoms with Crippen LogP contribution in [-0.4, -0.2) is 30.8 Å². The van der Waals surface area contributed by atoms with Gasteiger partial charge in [0.15, 0.2) is 0 Å². The van der Waals surface area contributed by atoms with E-state index < -0.39 is 0 Å². The molecule has 0 aliphatic rings. The van der Waals surface area contributed by atoms with Gasteiger partial charge in [0.2, 0.25) is 0 Å². The SMILES string of the molecule is C=NCC(C)O.CCC=O. The van der Waals surface area contributed by atoms with Gasteiger partial charge in [-0.2, -0.15) is 0 Å². The van der Waals surface area contributed by atoms with Gasteiger partial charge in [-0.25, -0.2) is 0 Å². The molecule has 0 amide bonds. The van der Waals surface area contributed by atoms with Crippen LogP contribution in [0.5, 0.6) is 0 Å². The number of aliphatic imine (C=N–C) groups is 1. The largest absolute Gasteiger partial charge is 0.391 e. The van der Waals surface area contributed by atoms with Crippen LogP contribution < -0.4 is 0 Å². The van der Waals surface area contributed by atoms with E-state index in [4.69, 9.17) is 5.11 Å². The van der Waals surface area contributed by atoms with E-state index in [2.05, 4.69) is 11.7 Å². The Hall–Kier alpha value is -0.700. The zero-order valence-electron chi connectivity index (χ0n) is 6.58. The maximum absolute atomic E-state index is 9.17. The van der Waals surface area contributed by atoms with E-state index in [0.717, 1.165) is 6.29 Å². The molecule has 0 spiro atoms. The van der Waals surface area contributed by atoms with Gasteiger partial charge < -0.3 is 9.90 Å². The minimum Gasteiger partial charge on any atom is -0.391 e. The van der Waals surface area contributed by atoms with Crippen LogP contribution in [0.3, 0.4) is 0 Å². The first-order valence-electron chi connectivity index (χ1n) is 3.23. The van der Waals surface area contributed by atoms with Gasteiger partial charge in [-0.3, -0.25) is 4.99 Å². The third kappa shape index (κ3) is 26.6. The number of carbonyl (C=O) groups is 1. The summed E-state index contributed by atoms with van der Waals surface area (Å²) in [7, 11) is 0. The fourth-order valence-corrected chi connectivity index (χ4v) is 0.187. The number of aldehydes is 1. The number of rotatable bonds is 3. The van der Waals surface area contributed by atoms with Gasteiger partial charge in [-0.15, -0.1) is 0 Å². The second kappa shape index (κ2) is 11.1. The zero-order valence-corrected chi connectivity index (χ0v) is 6.58. The second-order valence-corrected chi connectivity index (χ2v) is 1.83. The van der Waals surface area contributed by atoms with Crippen LogP contribution in [0.1, 0.15) is 20.3 Å². The van der Waals surface area contributed by atoms with Crippen molar-refractivity contribution in [3.05, 3.63) is 0 Å². The molecule has 0 aromatic rings. The van der Waals surface area contributed by atoms with Crippen molar-refractivity contribution in [1.29, 1.82) is 0 Å². The summed E-state index contributed by atoms with van der Waals surface area (Å²) in [6, 6.07) is 0. The molecule has 0 saturated heterocycles. The number of aliphatic hydroxyl groups excluding tert-OH is 1. The maximum atomic E-state index is 9.17. The summed E-state index contributed by atoms with van der Waals surface area (Å²) >= 11 is 0. The summed E-state index contributed by atoms with van der Waals surface area (Å²) < 4.78 is 0. The molecular formula is C7H15NO2. The van der Waals surface area contributed by atoms with E-state index in [1.807, 2.05) is 6.92 Å². The summed E-state index contributed by atoms with van der Waals surface area (Å²) in [4.78, 5) is 12.6. The van der Waals surface area contributed by atoms with Gasteiger partial charge >= 0.3 is 0 Å². The van der Waals surface area contributed by atoms with Crippen LogP contribution in [0.25, 0.3) is 0 Å². The van der Waals surface area contributed by atoms with Crippen molar-refractivity contribution in [3.8, 4) is 0 Å². The summed E-state index contributed by atoms with van der Waals surface area (Å²) in [5, 5.41) is 8.42. The van der Waals surface area contributed by atoms with Crippen LogP contribution >= 0.6 is 0 Å². The first-order chi connectivity index (χ1) is 4.68. The lowest BCUT2D eigenvalue weighted by Crippen LogP contribution is -2.02. The van der Waals surface area contributed by atoms with E-state index in [0.29, 0.717) is 13.0 Å². The van der Waals surface area contributed by atoms with Crippen molar-refractivity contribution in [1.82, 2.24) is 0 Å². The molecule has 0 radical (unpaired) electrons. The molecule has 0 heterocycles. The van der Waals surface area contributed by atoms with Gasteiger partial charge in [0, 0.05) is 6.42 Å². The molecule has 0 rings (SSSR count). The van der Waals surface area contributed by atoms with Crippen molar-refractivity contribution in [2.45, 2.75) is 26.4 Å². The fraction of sp³-hybridized carbons (Fsp3) is 0.714. The normalized spacial score (nSPS) is 10.7. The molecule has 0 fully saturated rings. The lowest BCUT2D eigenvalue weighted by Gasteiger charge is -1.92. The van der Waals surface area contributed by atoms with Crippen molar-refractivity contribution in [2.24, 2.45) is 4.99 Å². The van der Waals surface area contributed by atoms with Crippen LogP contribution in [0.4, 0.5) is 0 Å². The molecule has 1 unspecified atom stereocenters. The molecule has 1 atom stereocenters. The number of hydrogen-bond donors (Lipinski definition) is 1. The van der Waals surface area contributed by atoms with Crippen LogP contribution in [0.2, 0.25) is 0 Å². The minimum absolute atomic E-state index is 0.331. The van der Waals surface area contributed by atoms with E-state index in [1.54, 1.807) is 6.92 Å². The monoisotopic (exact) mass is 145 g/mol. The quantitative estimate of drug-likeness (QED) is 0.468. The highest BCUT2D eigenvalue weighted by atomic mass is 16.3. The number of nitrogens with zero attached hydrogens (tertiary/aromatic N) is 1.